The van der Waals surface area contributed by atoms with Gasteiger partial charge in [0, 0.05) is 5.56 Å². The highest BCUT2D eigenvalue weighted by molar-refractivity contribution is 5.95. The summed E-state index contributed by atoms with van der Waals surface area (Å²) in [5.41, 5.74) is 1.14. The van der Waals surface area contributed by atoms with E-state index in [1.54, 1.807) is 36.4 Å². The van der Waals surface area contributed by atoms with Crippen molar-refractivity contribution < 1.29 is 29.3 Å². The summed E-state index contributed by atoms with van der Waals surface area (Å²) in [5.74, 6) is -1.51. The molecule has 0 radical (unpaired) electrons. The molecule has 0 atom stereocenters. The molecule has 0 fully saturated rings. The fourth-order valence-electron chi connectivity index (χ4n) is 1.95. The molecule has 0 heterocycles. The lowest BCUT2D eigenvalue weighted by molar-refractivity contribution is -0.135. The van der Waals surface area contributed by atoms with Gasteiger partial charge >= 0.3 is 5.97 Å². The van der Waals surface area contributed by atoms with Crippen molar-refractivity contribution in [2.24, 2.45) is 0 Å². The van der Waals surface area contributed by atoms with E-state index in [-0.39, 0.29) is 23.7 Å². The van der Waals surface area contributed by atoms with Crippen molar-refractivity contribution in [3.63, 3.8) is 0 Å². The van der Waals surface area contributed by atoms with Gasteiger partial charge < -0.3 is 20.3 Å². The smallest absolute Gasteiger partial charge is 0.322 e. The molecule has 0 aliphatic carbocycles. The van der Waals surface area contributed by atoms with E-state index in [2.05, 4.69) is 5.32 Å². The van der Waals surface area contributed by atoms with Crippen LogP contribution < -0.4 is 10.1 Å². The summed E-state index contributed by atoms with van der Waals surface area (Å²) in [6.07, 6.45) is 0.514. The van der Waals surface area contributed by atoms with E-state index < -0.39 is 18.4 Å². The minimum absolute atomic E-state index is 0.0715. The Hall–Kier alpha value is -3.35. The van der Waals surface area contributed by atoms with E-state index in [4.69, 9.17) is 9.84 Å². The van der Waals surface area contributed by atoms with Crippen LogP contribution in [0.2, 0.25) is 0 Å². The molecule has 0 bridgehead atoms. The highest BCUT2D eigenvalue weighted by Crippen LogP contribution is 2.26. The standard InChI is InChI=1S/C17H15NO6/c19-9-13-14(20)2-1-3-15(13)24-10-11-4-6-12(7-5-11)17(23)18-8-16(21)22/h1-7,9,20H,8,10H2,(H,18,23)(H,21,22). The van der Waals surface area contributed by atoms with Crippen molar-refractivity contribution in [1.82, 2.24) is 5.32 Å². The fourth-order valence-corrected chi connectivity index (χ4v) is 1.95. The zero-order valence-electron chi connectivity index (χ0n) is 12.6. The molecule has 0 aliphatic heterocycles. The van der Waals surface area contributed by atoms with Gasteiger partial charge in [-0.3, -0.25) is 14.4 Å². The molecule has 0 aliphatic rings. The Bertz CT molecular complexity index is 754. The van der Waals surface area contributed by atoms with Gasteiger partial charge in [0.15, 0.2) is 6.29 Å². The van der Waals surface area contributed by atoms with Crippen molar-refractivity contribution in [2.45, 2.75) is 6.61 Å². The quantitative estimate of drug-likeness (QED) is 0.665. The lowest BCUT2D eigenvalue weighted by Crippen LogP contribution is -2.29. The predicted octanol–water partition coefficient (Wildman–Crippen LogP) is 1.60. The topological polar surface area (TPSA) is 113 Å². The molecule has 7 nitrogen and oxygen atoms in total. The van der Waals surface area contributed by atoms with Crippen molar-refractivity contribution in [3.8, 4) is 11.5 Å². The molecule has 2 rings (SSSR count). The van der Waals surface area contributed by atoms with Gasteiger partial charge in [-0.25, -0.2) is 0 Å². The van der Waals surface area contributed by atoms with Crippen molar-refractivity contribution in [1.29, 1.82) is 0 Å². The number of ether oxygens (including phenoxy) is 1. The van der Waals surface area contributed by atoms with E-state index >= 15 is 0 Å². The summed E-state index contributed by atoms with van der Waals surface area (Å²) < 4.78 is 5.50. The van der Waals surface area contributed by atoms with Crippen LogP contribution in [-0.4, -0.2) is 34.9 Å². The van der Waals surface area contributed by atoms with E-state index in [1.807, 2.05) is 0 Å². The number of aromatic hydroxyl groups is 1. The van der Waals surface area contributed by atoms with Gasteiger partial charge in [-0.1, -0.05) is 18.2 Å². The Labute approximate surface area is 137 Å². The number of carbonyl (C=O) groups excluding carboxylic acids is 2. The molecule has 124 valence electrons. The Morgan fingerprint density at radius 3 is 2.46 bits per heavy atom. The molecular weight excluding hydrogens is 314 g/mol. The number of aldehydes is 1. The predicted molar refractivity (Wildman–Crippen MR) is 84.2 cm³/mol. The first-order chi connectivity index (χ1) is 11.5. The number of amides is 1. The molecule has 0 unspecified atom stereocenters. The van der Waals surface area contributed by atoms with Crippen LogP contribution in [0.25, 0.3) is 0 Å². The van der Waals surface area contributed by atoms with Gasteiger partial charge in [-0.05, 0) is 29.8 Å². The zero-order valence-corrected chi connectivity index (χ0v) is 12.6. The van der Waals surface area contributed by atoms with Gasteiger partial charge in [0.25, 0.3) is 5.91 Å². The average molecular weight is 329 g/mol. The first kappa shape index (κ1) is 17.0. The molecule has 2 aromatic carbocycles. The molecular formula is C17H15NO6. The molecule has 24 heavy (non-hydrogen) atoms. The monoisotopic (exact) mass is 329 g/mol. The highest BCUT2D eigenvalue weighted by Gasteiger charge is 2.09. The van der Waals surface area contributed by atoms with Gasteiger partial charge in [0.2, 0.25) is 0 Å². The summed E-state index contributed by atoms with van der Waals surface area (Å²) in [4.78, 5) is 33.1. The second kappa shape index (κ2) is 7.77. The van der Waals surface area contributed by atoms with Crippen LogP contribution in [0, 0.1) is 0 Å². The lowest BCUT2D eigenvalue weighted by Gasteiger charge is -2.10. The number of hydrogen-bond acceptors (Lipinski definition) is 5. The van der Waals surface area contributed by atoms with Gasteiger partial charge in [0.1, 0.15) is 24.7 Å². The minimum Gasteiger partial charge on any atom is -0.507 e. The van der Waals surface area contributed by atoms with Crippen LogP contribution in [0.15, 0.2) is 42.5 Å². The number of carbonyl (C=O) groups is 3. The maximum atomic E-state index is 11.7. The van der Waals surface area contributed by atoms with Gasteiger partial charge in [0.05, 0.1) is 5.56 Å². The molecule has 7 heteroatoms. The molecule has 2 aromatic rings. The lowest BCUT2D eigenvalue weighted by atomic mass is 10.1. The second-order valence-corrected chi connectivity index (χ2v) is 4.87. The van der Waals surface area contributed by atoms with Crippen LogP contribution in [0.3, 0.4) is 0 Å². The average Bonchev–Trinajstić information content (AvgIpc) is 2.58. The molecule has 3 N–H and O–H groups in total. The molecule has 0 aromatic heterocycles. The zero-order chi connectivity index (χ0) is 17.5. The number of aliphatic carboxylic acids is 1. The summed E-state index contributed by atoms with van der Waals surface area (Å²) in [5, 5.41) is 20.4. The third kappa shape index (κ3) is 4.33. The van der Waals surface area contributed by atoms with Crippen LogP contribution in [0.1, 0.15) is 26.3 Å². The normalized spacial score (nSPS) is 10.0. The molecule has 1 amide bonds. The number of benzene rings is 2. The number of phenolic OH excluding ortho intramolecular Hbond substituents is 1. The number of rotatable bonds is 7. The number of carboxylic acids is 1. The van der Waals surface area contributed by atoms with Crippen LogP contribution in [0.5, 0.6) is 11.5 Å². The molecule has 0 saturated heterocycles. The minimum atomic E-state index is -1.12. The largest absolute Gasteiger partial charge is 0.507 e. The Morgan fingerprint density at radius 2 is 1.83 bits per heavy atom. The van der Waals surface area contributed by atoms with Gasteiger partial charge in [-0.2, -0.15) is 0 Å². The Balaban J connectivity index is 2.00. The second-order valence-electron chi connectivity index (χ2n) is 4.87. The Kier molecular flexibility index (Phi) is 5.51. The third-order valence-electron chi connectivity index (χ3n) is 3.17. The van der Waals surface area contributed by atoms with Crippen LogP contribution in [0.4, 0.5) is 0 Å². The SMILES string of the molecule is O=Cc1c(O)cccc1OCc1ccc(C(=O)NCC(=O)O)cc1. The van der Waals surface area contributed by atoms with Crippen molar-refractivity contribution in [3.05, 3.63) is 59.2 Å². The third-order valence-corrected chi connectivity index (χ3v) is 3.17. The molecule has 0 saturated carbocycles. The maximum absolute atomic E-state index is 11.7. The van der Waals surface area contributed by atoms with Crippen LogP contribution in [-0.2, 0) is 11.4 Å². The van der Waals surface area contributed by atoms with Crippen LogP contribution >= 0.6 is 0 Å². The highest BCUT2D eigenvalue weighted by atomic mass is 16.5. The number of phenols is 1. The number of carboxylic acid groups (broad SMARTS) is 1. The van der Waals surface area contributed by atoms with E-state index in [0.717, 1.165) is 5.56 Å². The van der Waals surface area contributed by atoms with E-state index in [1.165, 1.54) is 6.07 Å². The van der Waals surface area contributed by atoms with Crippen molar-refractivity contribution >= 4 is 18.2 Å². The van der Waals surface area contributed by atoms with E-state index in [9.17, 15) is 19.5 Å². The first-order valence-electron chi connectivity index (χ1n) is 7.00. The summed E-state index contributed by atoms with van der Waals surface area (Å²) >= 11 is 0. The maximum Gasteiger partial charge on any atom is 0.322 e. The first-order valence-corrected chi connectivity index (χ1v) is 7.00. The summed E-state index contributed by atoms with van der Waals surface area (Å²) in [7, 11) is 0. The van der Waals surface area contributed by atoms with E-state index in [0.29, 0.717) is 11.8 Å². The van der Waals surface area contributed by atoms with Gasteiger partial charge in [-0.15, -0.1) is 0 Å². The number of nitrogens with one attached hydrogen (secondary N) is 1. The summed E-state index contributed by atoms with van der Waals surface area (Å²) in [6.45, 7) is -0.309. The summed E-state index contributed by atoms with van der Waals surface area (Å²) in [6, 6.07) is 10.9. The Morgan fingerprint density at radius 1 is 1.12 bits per heavy atom. The number of hydrogen-bond donors (Lipinski definition) is 3. The fraction of sp³-hybridized carbons (Fsp3) is 0.118. The molecule has 0 spiro atoms. The van der Waals surface area contributed by atoms with Crippen molar-refractivity contribution in [2.75, 3.05) is 6.54 Å².